The number of hydrogen-bond donors (Lipinski definition) is 1. The summed E-state index contributed by atoms with van der Waals surface area (Å²) < 4.78 is 4.90. The minimum atomic E-state index is -0.346. The van der Waals surface area contributed by atoms with E-state index in [2.05, 4.69) is 13.2 Å². The highest BCUT2D eigenvalue weighted by Gasteiger charge is 2.05. The third kappa shape index (κ3) is 4.86. The summed E-state index contributed by atoms with van der Waals surface area (Å²) in [4.78, 5) is 11.2. The molecule has 0 saturated heterocycles. The number of hydrogen-bond acceptors (Lipinski definition) is 3. The molecule has 3 nitrogen and oxygen atoms in total. The van der Waals surface area contributed by atoms with Crippen LogP contribution in [0.3, 0.4) is 0 Å². The van der Waals surface area contributed by atoms with Crippen LogP contribution in [0.2, 0.25) is 0 Å². The molecular weight excluding hydrogens is 192 g/mol. The minimum absolute atomic E-state index is 0.145. The molecule has 0 radical (unpaired) electrons. The van der Waals surface area contributed by atoms with Gasteiger partial charge in [-0.15, -0.1) is 13.2 Å². The number of rotatable bonds is 3. The first-order chi connectivity index (χ1) is 7.24. The maximum atomic E-state index is 11.2. The number of carbonyl (C=O) groups is 1. The number of phenols is 1. The smallest absolute Gasteiger partial charge is 0.338 e. The molecule has 1 aromatic rings. The minimum Gasteiger partial charge on any atom is -0.508 e. The Bertz CT molecular complexity index is 290. The number of esters is 1. The van der Waals surface area contributed by atoms with Crippen molar-refractivity contribution >= 4 is 5.97 Å². The Balaban J connectivity index is 0.000000921. The molecule has 15 heavy (non-hydrogen) atoms. The van der Waals surface area contributed by atoms with E-state index in [1.165, 1.54) is 24.3 Å². The lowest BCUT2D eigenvalue weighted by atomic mass is 10.2. The van der Waals surface area contributed by atoms with E-state index in [4.69, 9.17) is 9.84 Å². The summed E-state index contributed by atoms with van der Waals surface area (Å²) in [6.45, 7) is 8.36. The molecular formula is C12H16O3. The van der Waals surface area contributed by atoms with Crippen molar-refractivity contribution in [3.63, 3.8) is 0 Å². The normalized spacial score (nSPS) is 8.60. The molecule has 0 spiro atoms. The largest absolute Gasteiger partial charge is 0.508 e. The molecule has 0 atom stereocenters. The molecule has 1 rings (SSSR count). The van der Waals surface area contributed by atoms with Gasteiger partial charge in [-0.2, -0.15) is 0 Å². The van der Waals surface area contributed by atoms with Crippen LogP contribution in [-0.4, -0.2) is 17.7 Å². The van der Waals surface area contributed by atoms with E-state index in [0.717, 1.165) is 6.42 Å². The molecule has 1 N–H and O–H groups in total. The third-order valence-electron chi connectivity index (χ3n) is 1.54. The zero-order valence-corrected chi connectivity index (χ0v) is 8.90. The van der Waals surface area contributed by atoms with Gasteiger partial charge in [0.05, 0.1) is 12.2 Å². The summed E-state index contributed by atoms with van der Waals surface area (Å²) in [7, 11) is 0. The van der Waals surface area contributed by atoms with Crippen LogP contribution in [0.15, 0.2) is 37.4 Å². The van der Waals surface area contributed by atoms with Crippen molar-refractivity contribution in [2.75, 3.05) is 6.61 Å². The predicted molar refractivity (Wildman–Crippen MR) is 59.9 cm³/mol. The van der Waals surface area contributed by atoms with Crippen LogP contribution < -0.4 is 0 Å². The summed E-state index contributed by atoms with van der Waals surface area (Å²) in [6.07, 6.45) is 0.809. The van der Waals surface area contributed by atoms with E-state index in [9.17, 15) is 4.79 Å². The lowest BCUT2D eigenvalue weighted by Gasteiger charge is -2.02. The predicted octanol–water partition coefficient (Wildman–Crippen LogP) is 2.76. The van der Waals surface area contributed by atoms with E-state index in [1.54, 1.807) is 0 Å². The van der Waals surface area contributed by atoms with Crippen molar-refractivity contribution in [3.05, 3.63) is 43.0 Å². The lowest BCUT2D eigenvalue weighted by molar-refractivity contribution is 0.0505. The fourth-order valence-electron chi connectivity index (χ4n) is 0.876. The van der Waals surface area contributed by atoms with Gasteiger partial charge >= 0.3 is 5.97 Å². The zero-order valence-electron chi connectivity index (χ0n) is 8.90. The van der Waals surface area contributed by atoms with Gasteiger partial charge in [-0.1, -0.05) is 6.92 Å². The molecule has 0 heterocycles. The molecule has 0 aliphatic carbocycles. The Morgan fingerprint density at radius 2 is 1.87 bits per heavy atom. The monoisotopic (exact) mass is 208 g/mol. The molecule has 0 saturated carbocycles. The Hall–Kier alpha value is -1.77. The summed E-state index contributed by atoms with van der Waals surface area (Å²) in [5.41, 5.74) is 0.464. The van der Waals surface area contributed by atoms with Crippen LogP contribution in [0.1, 0.15) is 23.7 Å². The Kier molecular flexibility index (Phi) is 6.72. The maximum absolute atomic E-state index is 11.2. The number of ether oxygens (including phenoxy) is 1. The van der Waals surface area contributed by atoms with Crippen molar-refractivity contribution in [2.24, 2.45) is 0 Å². The van der Waals surface area contributed by atoms with Crippen molar-refractivity contribution in [2.45, 2.75) is 13.3 Å². The fourth-order valence-corrected chi connectivity index (χ4v) is 0.876. The molecule has 0 unspecified atom stereocenters. The number of carbonyl (C=O) groups excluding carboxylic acids is 1. The molecule has 0 fully saturated rings. The average molecular weight is 208 g/mol. The van der Waals surface area contributed by atoms with Gasteiger partial charge in [-0.25, -0.2) is 4.79 Å². The van der Waals surface area contributed by atoms with Gasteiger partial charge in [0.25, 0.3) is 0 Å². The summed E-state index contributed by atoms with van der Waals surface area (Å²) in [5.74, 6) is -0.200. The first kappa shape index (κ1) is 13.2. The second kappa shape index (κ2) is 7.62. The van der Waals surface area contributed by atoms with E-state index < -0.39 is 0 Å². The van der Waals surface area contributed by atoms with Gasteiger partial charge in [0.1, 0.15) is 5.75 Å². The van der Waals surface area contributed by atoms with Crippen LogP contribution in [0, 0.1) is 0 Å². The van der Waals surface area contributed by atoms with Crippen molar-refractivity contribution in [3.8, 4) is 5.75 Å². The molecule has 1 aromatic carbocycles. The topological polar surface area (TPSA) is 46.5 Å². The second-order valence-electron chi connectivity index (χ2n) is 2.68. The van der Waals surface area contributed by atoms with Gasteiger partial charge in [-0.3, -0.25) is 0 Å². The van der Waals surface area contributed by atoms with Crippen molar-refractivity contribution in [1.29, 1.82) is 0 Å². The number of benzene rings is 1. The summed E-state index contributed by atoms with van der Waals surface area (Å²) in [5, 5.41) is 8.96. The zero-order chi connectivity index (χ0) is 11.7. The highest BCUT2D eigenvalue weighted by Crippen LogP contribution is 2.10. The van der Waals surface area contributed by atoms with Gasteiger partial charge in [0.15, 0.2) is 0 Å². The molecule has 3 heteroatoms. The standard InChI is InChI=1S/C10H12O3.C2H4/c1-2-7-13-10(12)8-3-5-9(11)6-4-8;1-2/h3-6,11H,2,7H2,1H3;1-2H2. The third-order valence-corrected chi connectivity index (χ3v) is 1.54. The quantitative estimate of drug-likeness (QED) is 0.613. The molecule has 82 valence electrons. The molecule has 0 aromatic heterocycles. The van der Waals surface area contributed by atoms with Crippen molar-refractivity contribution < 1.29 is 14.6 Å². The molecule has 0 amide bonds. The summed E-state index contributed by atoms with van der Waals surface area (Å²) in [6, 6.07) is 5.99. The highest BCUT2D eigenvalue weighted by atomic mass is 16.5. The summed E-state index contributed by atoms with van der Waals surface area (Å²) >= 11 is 0. The van der Waals surface area contributed by atoms with E-state index in [1.807, 2.05) is 6.92 Å². The van der Waals surface area contributed by atoms with Gasteiger partial charge in [0, 0.05) is 0 Å². The maximum Gasteiger partial charge on any atom is 0.338 e. The molecule has 0 aliphatic heterocycles. The Labute approximate surface area is 90.0 Å². The lowest BCUT2D eigenvalue weighted by Crippen LogP contribution is -2.05. The first-order valence-corrected chi connectivity index (χ1v) is 4.70. The molecule has 0 bridgehead atoms. The molecule has 0 aliphatic rings. The fraction of sp³-hybridized carbons (Fsp3) is 0.250. The van der Waals surface area contributed by atoms with Crippen LogP contribution in [0.5, 0.6) is 5.75 Å². The van der Waals surface area contributed by atoms with Crippen LogP contribution in [-0.2, 0) is 4.74 Å². The first-order valence-electron chi connectivity index (χ1n) is 4.70. The second-order valence-corrected chi connectivity index (χ2v) is 2.68. The van der Waals surface area contributed by atoms with E-state index in [-0.39, 0.29) is 11.7 Å². The Morgan fingerprint density at radius 3 is 2.33 bits per heavy atom. The highest BCUT2D eigenvalue weighted by molar-refractivity contribution is 5.89. The van der Waals surface area contributed by atoms with Gasteiger partial charge in [-0.05, 0) is 30.7 Å². The average Bonchev–Trinajstić information content (AvgIpc) is 2.29. The van der Waals surface area contributed by atoms with Gasteiger partial charge < -0.3 is 9.84 Å². The van der Waals surface area contributed by atoms with Gasteiger partial charge in [0.2, 0.25) is 0 Å². The number of phenolic OH excluding ortho intramolecular Hbond substituents is 1. The van der Waals surface area contributed by atoms with Crippen molar-refractivity contribution in [1.82, 2.24) is 0 Å². The SMILES string of the molecule is C=C.CCCOC(=O)c1ccc(O)cc1. The Morgan fingerprint density at radius 1 is 1.33 bits per heavy atom. The van der Waals surface area contributed by atoms with Crippen LogP contribution in [0.4, 0.5) is 0 Å². The van der Waals surface area contributed by atoms with E-state index in [0.29, 0.717) is 12.2 Å². The van der Waals surface area contributed by atoms with Crippen LogP contribution >= 0.6 is 0 Å². The van der Waals surface area contributed by atoms with Crippen LogP contribution in [0.25, 0.3) is 0 Å². The number of aromatic hydroxyl groups is 1. The van der Waals surface area contributed by atoms with E-state index >= 15 is 0 Å².